The Hall–Kier alpha value is -0.570. The van der Waals surface area contributed by atoms with Gasteiger partial charge in [-0.25, -0.2) is 0 Å². The van der Waals surface area contributed by atoms with Gasteiger partial charge in [-0.05, 0) is 52.4 Å². The van der Waals surface area contributed by atoms with Crippen LogP contribution in [0.2, 0.25) is 0 Å². The predicted octanol–water partition coefficient (Wildman–Crippen LogP) is 2.78. The molecule has 0 amide bonds. The minimum Gasteiger partial charge on any atom is -0.460 e. The van der Waals surface area contributed by atoms with Gasteiger partial charge in [0.25, 0.3) is 0 Å². The number of carbonyl (C=O) groups excluding carboxylic acids is 1. The lowest BCUT2D eigenvalue weighted by atomic mass is 9.82. The first-order valence-electron chi connectivity index (χ1n) is 6.14. The first-order valence-corrected chi connectivity index (χ1v) is 6.14. The highest BCUT2D eigenvalue weighted by molar-refractivity contribution is 5.72. The summed E-state index contributed by atoms with van der Waals surface area (Å²) in [5, 5.41) is 0. The molecule has 0 heterocycles. The molecule has 1 aliphatic carbocycles. The van der Waals surface area contributed by atoms with Crippen LogP contribution in [0.1, 0.15) is 46.5 Å². The van der Waals surface area contributed by atoms with Gasteiger partial charge in [0, 0.05) is 13.7 Å². The molecule has 0 radical (unpaired) electrons. The third kappa shape index (κ3) is 4.52. The molecular formula is C13H24O3. The first kappa shape index (κ1) is 13.5. The summed E-state index contributed by atoms with van der Waals surface area (Å²) in [4.78, 5) is 11.8. The molecule has 0 aromatic carbocycles. The first-order chi connectivity index (χ1) is 7.42. The predicted molar refractivity (Wildman–Crippen MR) is 63.2 cm³/mol. The van der Waals surface area contributed by atoms with Crippen molar-refractivity contribution in [3.05, 3.63) is 0 Å². The third-order valence-electron chi connectivity index (χ3n) is 2.99. The average Bonchev–Trinajstić information content (AvgIpc) is 2.16. The van der Waals surface area contributed by atoms with Crippen LogP contribution in [-0.4, -0.2) is 25.3 Å². The Kier molecular flexibility index (Phi) is 4.78. The van der Waals surface area contributed by atoms with E-state index in [4.69, 9.17) is 9.47 Å². The molecule has 1 aliphatic rings. The van der Waals surface area contributed by atoms with Gasteiger partial charge in [0.15, 0.2) is 0 Å². The second-order valence-corrected chi connectivity index (χ2v) is 5.71. The van der Waals surface area contributed by atoms with Crippen molar-refractivity contribution in [1.29, 1.82) is 0 Å². The smallest absolute Gasteiger partial charge is 0.309 e. The monoisotopic (exact) mass is 228 g/mol. The maximum Gasteiger partial charge on any atom is 0.309 e. The van der Waals surface area contributed by atoms with Gasteiger partial charge >= 0.3 is 5.97 Å². The van der Waals surface area contributed by atoms with E-state index >= 15 is 0 Å². The Balaban J connectivity index is 2.33. The van der Waals surface area contributed by atoms with E-state index in [9.17, 15) is 4.79 Å². The van der Waals surface area contributed by atoms with E-state index in [1.54, 1.807) is 7.11 Å². The molecule has 0 bridgehead atoms. The maximum absolute atomic E-state index is 11.8. The number of hydrogen-bond acceptors (Lipinski definition) is 3. The Labute approximate surface area is 98.5 Å². The van der Waals surface area contributed by atoms with Crippen LogP contribution in [-0.2, 0) is 14.3 Å². The highest BCUT2D eigenvalue weighted by Crippen LogP contribution is 2.30. The quantitative estimate of drug-likeness (QED) is 0.697. The molecular weight excluding hydrogens is 204 g/mol. The zero-order valence-electron chi connectivity index (χ0n) is 10.9. The van der Waals surface area contributed by atoms with Gasteiger partial charge in [0.2, 0.25) is 0 Å². The molecule has 94 valence electrons. The molecule has 0 spiro atoms. The van der Waals surface area contributed by atoms with E-state index in [0.717, 1.165) is 32.3 Å². The third-order valence-corrected chi connectivity index (χ3v) is 2.99. The normalized spacial score (nSPS) is 26.5. The van der Waals surface area contributed by atoms with Crippen molar-refractivity contribution in [3.63, 3.8) is 0 Å². The second-order valence-electron chi connectivity index (χ2n) is 5.71. The summed E-state index contributed by atoms with van der Waals surface area (Å²) < 4.78 is 10.5. The topological polar surface area (TPSA) is 35.5 Å². The van der Waals surface area contributed by atoms with E-state index in [-0.39, 0.29) is 17.5 Å². The number of hydrogen-bond donors (Lipinski definition) is 0. The van der Waals surface area contributed by atoms with Gasteiger partial charge < -0.3 is 9.47 Å². The summed E-state index contributed by atoms with van der Waals surface area (Å²) in [6.45, 7) is 6.57. The van der Waals surface area contributed by atoms with Gasteiger partial charge in [0.05, 0.1) is 5.92 Å². The second kappa shape index (κ2) is 5.67. The molecule has 0 saturated heterocycles. The van der Waals surface area contributed by atoms with Gasteiger partial charge in [0.1, 0.15) is 5.60 Å². The van der Waals surface area contributed by atoms with Crippen LogP contribution in [0.4, 0.5) is 0 Å². The largest absolute Gasteiger partial charge is 0.460 e. The number of methoxy groups -OCH3 is 1. The van der Waals surface area contributed by atoms with Crippen molar-refractivity contribution >= 4 is 5.97 Å². The fraction of sp³-hybridized carbons (Fsp3) is 0.923. The van der Waals surface area contributed by atoms with E-state index in [0.29, 0.717) is 5.92 Å². The molecule has 0 aliphatic heterocycles. The van der Waals surface area contributed by atoms with Crippen LogP contribution >= 0.6 is 0 Å². The number of rotatable bonds is 3. The van der Waals surface area contributed by atoms with Crippen molar-refractivity contribution in [3.8, 4) is 0 Å². The lowest BCUT2D eigenvalue weighted by Crippen LogP contribution is -2.31. The fourth-order valence-electron chi connectivity index (χ4n) is 2.19. The Morgan fingerprint density at radius 2 is 1.75 bits per heavy atom. The molecule has 0 atom stereocenters. The summed E-state index contributed by atoms with van der Waals surface area (Å²) in [5.74, 6) is 0.708. The lowest BCUT2D eigenvalue weighted by molar-refractivity contribution is -0.161. The van der Waals surface area contributed by atoms with Crippen molar-refractivity contribution in [2.75, 3.05) is 13.7 Å². The van der Waals surface area contributed by atoms with Crippen molar-refractivity contribution in [2.24, 2.45) is 11.8 Å². The SMILES string of the molecule is COCC1CCC(C(=O)OC(C)(C)C)CC1. The van der Waals surface area contributed by atoms with Crippen molar-refractivity contribution in [2.45, 2.75) is 52.1 Å². The summed E-state index contributed by atoms with van der Waals surface area (Å²) in [6, 6.07) is 0. The number of ether oxygens (including phenoxy) is 2. The summed E-state index contributed by atoms with van der Waals surface area (Å²) in [7, 11) is 1.74. The summed E-state index contributed by atoms with van der Waals surface area (Å²) >= 11 is 0. The molecule has 0 N–H and O–H groups in total. The average molecular weight is 228 g/mol. The van der Waals surface area contributed by atoms with Crippen LogP contribution < -0.4 is 0 Å². The van der Waals surface area contributed by atoms with E-state index < -0.39 is 0 Å². The zero-order valence-corrected chi connectivity index (χ0v) is 10.9. The van der Waals surface area contributed by atoms with E-state index in [1.807, 2.05) is 20.8 Å². The Morgan fingerprint density at radius 1 is 1.19 bits per heavy atom. The van der Waals surface area contributed by atoms with Crippen LogP contribution in [0.3, 0.4) is 0 Å². The van der Waals surface area contributed by atoms with Crippen LogP contribution in [0.25, 0.3) is 0 Å². The molecule has 16 heavy (non-hydrogen) atoms. The molecule has 0 aromatic rings. The van der Waals surface area contributed by atoms with Crippen molar-refractivity contribution < 1.29 is 14.3 Å². The molecule has 0 unspecified atom stereocenters. The Bertz CT molecular complexity index is 222. The maximum atomic E-state index is 11.8. The molecule has 0 aromatic heterocycles. The van der Waals surface area contributed by atoms with E-state index in [2.05, 4.69) is 0 Å². The number of carbonyl (C=O) groups is 1. The molecule has 1 rings (SSSR count). The van der Waals surface area contributed by atoms with Crippen LogP contribution in [0, 0.1) is 11.8 Å². The summed E-state index contributed by atoms with van der Waals surface area (Å²) in [6.07, 6.45) is 4.06. The highest BCUT2D eigenvalue weighted by Gasteiger charge is 2.29. The van der Waals surface area contributed by atoms with Gasteiger partial charge in [-0.3, -0.25) is 4.79 Å². The van der Waals surface area contributed by atoms with Crippen LogP contribution in [0.15, 0.2) is 0 Å². The molecule has 3 heteroatoms. The molecule has 1 fully saturated rings. The number of esters is 1. The van der Waals surface area contributed by atoms with Gasteiger partial charge in [-0.2, -0.15) is 0 Å². The van der Waals surface area contributed by atoms with Crippen molar-refractivity contribution in [1.82, 2.24) is 0 Å². The minimum absolute atomic E-state index is 0.0247. The zero-order chi connectivity index (χ0) is 12.2. The lowest BCUT2D eigenvalue weighted by Gasteiger charge is -2.29. The highest BCUT2D eigenvalue weighted by atomic mass is 16.6. The van der Waals surface area contributed by atoms with Gasteiger partial charge in [-0.1, -0.05) is 0 Å². The van der Waals surface area contributed by atoms with Crippen LogP contribution in [0.5, 0.6) is 0 Å². The minimum atomic E-state index is -0.361. The Morgan fingerprint density at radius 3 is 2.19 bits per heavy atom. The van der Waals surface area contributed by atoms with E-state index in [1.165, 1.54) is 0 Å². The fourth-order valence-corrected chi connectivity index (χ4v) is 2.19. The molecule has 1 saturated carbocycles. The summed E-state index contributed by atoms with van der Waals surface area (Å²) in [5.41, 5.74) is -0.361. The van der Waals surface area contributed by atoms with Gasteiger partial charge in [-0.15, -0.1) is 0 Å². The molecule has 3 nitrogen and oxygen atoms in total. The standard InChI is InChI=1S/C13H24O3/c1-13(2,3)16-12(14)11-7-5-10(6-8-11)9-15-4/h10-11H,5-9H2,1-4H3.